The number of nitrogens with zero attached hydrogens (tertiary/aromatic N) is 8. The minimum Gasteiger partial charge on any atom is -0.309 e. The van der Waals surface area contributed by atoms with E-state index in [1.54, 1.807) is 0 Å². The highest BCUT2D eigenvalue weighted by atomic mass is 15.1. The summed E-state index contributed by atoms with van der Waals surface area (Å²) in [5.74, 6) is 0. The lowest BCUT2D eigenvalue weighted by atomic mass is 9.98. The molecule has 0 atom stereocenters. The maximum absolute atomic E-state index is 5.00. The number of hydrogen-bond acceptors (Lipinski definition) is 2. The normalized spacial score (nSPS) is 12.7. The van der Waals surface area contributed by atoms with E-state index in [-0.39, 0.29) is 0 Å². The number of aromatic nitrogens is 8. The molecular formula is C90H50N8. The van der Waals surface area contributed by atoms with Crippen LogP contribution in [0.25, 0.3) is 219 Å². The summed E-state index contributed by atoms with van der Waals surface area (Å²) in [6.07, 6.45) is 5.88. The molecule has 0 bridgehead atoms. The minimum atomic E-state index is 0.943. The van der Waals surface area contributed by atoms with E-state index in [1.807, 2.05) is 24.7 Å². The number of para-hydroxylation sites is 5. The first kappa shape index (κ1) is 51.2. The second-order valence-corrected chi connectivity index (χ2v) is 26.9. The molecule has 10 heterocycles. The molecule has 98 heavy (non-hydrogen) atoms. The molecule has 24 aromatic rings. The Bertz CT molecular complexity index is 7680. The lowest BCUT2D eigenvalue weighted by Gasteiger charge is -2.13. The van der Waals surface area contributed by atoms with E-state index in [0.717, 1.165) is 72.4 Å². The van der Waals surface area contributed by atoms with Gasteiger partial charge in [0.25, 0.3) is 0 Å². The van der Waals surface area contributed by atoms with Crippen molar-refractivity contribution in [3.63, 3.8) is 0 Å². The van der Waals surface area contributed by atoms with Crippen LogP contribution in [0.3, 0.4) is 0 Å². The summed E-state index contributed by atoms with van der Waals surface area (Å²) in [5.41, 5.74) is 23.0. The van der Waals surface area contributed by atoms with Gasteiger partial charge in [-0.1, -0.05) is 146 Å². The molecular weight excluding hydrogens is 1190 g/mol. The van der Waals surface area contributed by atoms with Crippen molar-refractivity contribution in [2.75, 3.05) is 0 Å². The quantitative estimate of drug-likeness (QED) is 0.172. The van der Waals surface area contributed by atoms with E-state index in [2.05, 4.69) is 306 Å². The van der Waals surface area contributed by atoms with Crippen LogP contribution in [0.5, 0.6) is 0 Å². The van der Waals surface area contributed by atoms with E-state index >= 15 is 0 Å². The van der Waals surface area contributed by atoms with Gasteiger partial charge in [-0.25, -0.2) is 4.98 Å². The Kier molecular flexibility index (Phi) is 9.57. The molecule has 0 aliphatic carbocycles. The molecule has 10 aromatic heterocycles. The Morgan fingerprint density at radius 2 is 0.724 bits per heavy atom. The van der Waals surface area contributed by atoms with Crippen LogP contribution in [0, 0.1) is 0 Å². The van der Waals surface area contributed by atoms with Gasteiger partial charge in [-0.3, -0.25) is 9.55 Å². The Hall–Kier alpha value is -13.3. The van der Waals surface area contributed by atoms with E-state index in [1.165, 1.54) is 147 Å². The molecule has 14 aromatic carbocycles. The van der Waals surface area contributed by atoms with Crippen LogP contribution < -0.4 is 0 Å². The first-order valence-electron chi connectivity index (χ1n) is 33.7. The maximum atomic E-state index is 5.00. The molecule has 450 valence electrons. The molecule has 8 nitrogen and oxygen atoms in total. The summed E-state index contributed by atoms with van der Waals surface area (Å²) in [6.45, 7) is 0. The predicted octanol–water partition coefficient (Wildman–Crippen LogP) is 23.1. The fraction of sp³-hybridized carbons (Fsp3) is 0. The van der Waals surface area contributed by atoms with E-state index < -0.39 is 0 Å². The van der Waals surface area contributed by atoms with Crippen LogP contribution in [0.2, 0.25) is 0 Å². The van der Waals surface area contributed by atoms with Crippen LogP contribution >= 0.6 is 0 Å². The van der Waals surface area contributed by atoms with Crippen LogP contribution in [0.4, 0.5) is 0 Å². The molecule has 0 radical (unpaired) electrons. The fourth-order valence-corrected chi connectivity index (χ4v) is 18.1. The average molecular weight is 1240 g/mol. The smallest absolute Gasteiger partial charge is 0.145 e. The monoisotopic (exact) mass is 1240 g/mol. The summed E-state index contributed by atoms with van der Waals surface area (Å²) in [6, 6.07) is 107. The van der Waals surface area contributed by atoms with Crippen molar-refractivity contribution in [1.29, 1.82) is 0 Å². The van der Waals surface area contributed by atoms with Gasteiger partial charge in [-0.05, 0) is 172 Å². The third-order valence-corrected chi connectivity index (χ3v) is 22.1. The number of pyridine rings is 2. The molecule has 24 rings (SSSR count). The van der Waals surface area contributed by atoms with Gasteiger partial charge < -0.3 is 22.5 Å². The summed E-state index contributed by atoms with van der Waals surface area (Å²) < 4.78 is 14.8. The summed E-state index contributed by atoms with van der Waals surface area (Å²) >= 11 is 0. The first-order valence-corrected chi connectivity index (χ1v) is 33.7. The minimum absolute atomic E-state index is 0.943. The molecule has 0 amide bonds. The first-order chi connectivity index (χ1) is 48.6. The molecule has 0 N–H and O–H groups in total. The Morgan fingerprint density at radius 3 is 1.42 bits per heavy atom. The van der Waals surface area contributed by atoms with Gasteiger partial charge in [-0.15, -0.1) is 0 Å². The molecule has 0 saturated carbocycles. The van der Waals surface area contributed by atoms with Crippen molar-refractivity contribution in [2.24, 2.45) is 0 Å². The van der Waals surface area contributed by atoms with Gasteiger partial charge in [0.2, 0.25) is 0 Å². The van der Waals surface area contributed by atoms with Gasteiger partial charge >= 0.3 is 0 Å². The zero-order chi connectivity index (χ0) is 63.3. The van der Waals surface area contributed by atoms with Crippen LogP contribution in [-0.2, 0) is 0 Å². The van der Waals surface area contributed by atoms with Crippen molar-refractivity contribution in [3.8, 4) is 33.9 Å². The van der Waals surface area contributed by atoms with Crippen molar-refractivity contribution >= 4 is 185 Å². The molecule has 8 heteroatoms. The lowest BCUT2D eigenvalue weighted by Crippen LogP contribution is -1.97. The van der Waals surface area contributed by atoms with E-state index in [0.29, 0.717) is 0 Å². The van der Waals surface area contributed by atoms with E-state index in [9.17, 15) is 0 Å². The Labute approximate surface area is 556 Å². The third-order valence-electron chi connectivity index (χ3n) is 22.1. The number of hydrogen-bond donors (Lipinski definition) is 0. The molecule has 0 aliphatic rings. The van der Waals surface area contributed by atoms with Crippen molar-refractivity contribution < 1.29 is 0 Å². The maximum Gasteiger partial charge on any atom is 0.145 e. The summed E-state index contributed by atoms with van der Waals surface area (Å²) in [4.78, 5) is 9.81. The SMILES string of the molecule is c1ccc(-n2c3cc(-n4c5cc6ccc(-c7cccc(-n8c9ccc(-n%10c%11cc%12ccccc%12cc%11c%11c%12c%13ccccc%13n%13c%14ccccc%14c(cc%11%10)c%12%13)cc9c9ccncc98)c7)cc6cc5c5c6c7ccccc7n7c8ccccc8c(cc54)c67)ccc3c3cccnc32)cc1. The average Bonchev–Trinajstić information content (AvgIpc) is 1.52. The fourth-order valence-electron chi connectivity index (χ4n) is 18.1. The molecule has 0 fully saturated rings. The number of rotatable bonds is 5. The van der Waals surface area contributed by atoms with Gasteiger partial charge in [0, 0.05) is 121 Å². The van der Waals surface area contributed by atoms with Crippen molar-refractivity contribution in [2.45, 2.75) is 0 Å². The van der Waals surface area contributed by atoms with Gasteiger partial charge in [0.15, 0.2) is 0 Å². The van der Waals surface area contributed by atoms with Gasteiger partial charge in [0.1, 0.15) is 5.65 Å². The largest absolute Gasteiger partial charge is 0.309 e. The zero-order valence-corrected chi connectivity index (χ0v) is 52.4. The van der Waals surface area contributed by atoms with Crippen molar-refractivity contribution in [3.05, 3.63) is 304 Å². The lowest BCUT2D eigenvalue weighted by molar-refractivity contribution is 1.13. The number of fused-ring (bicyclic) bond motifs is 28. The highest BCUT2D eigenvalue weighted by Gasteiger charge is 2.28. The van der Waals surface area contributed by atoms with Gasteiger partial charge in [0.05, 0.1) is 77.9 Å². The third kappa shape index (κ3) is 6.44. The Balaban J connectivity index is 0.705. The molecule has 0 aliphatic heterocycles. The van der Waals surface area contributed by atoms with Crippen molar-refractivity contribution in [1.82, 2.24) is 37.0 Å². The van der Waals surface area contributed by atoms with Gasteiger partial charge in [-0.2, -0.15) is 0 Å². The highest BCUT2D eigenvalue weighted by Crippen LogP contribution is 2.51. The number of benzene rings is 14. The van der Waals surface area contributed by atoms with Crippen LogP contribution in [0.1, 0.15) is 0 Å². The second kappa shape index (κ2) is 18.3. The molecule has 0 unspecified atom stereocenters. The predicted molar refractivity (Wildman–Crippen MR) is 409 cm³/mol. The second-order valence-electron chi connectivity index (χ2n) is 26.9. The van der Waals surface area contributed by atoms with E-state index in [4.69, 9.17) is 9.97 Å². The molecule has 0 saturated heterocycles. The van der Waals surface area contributed by atoms with Crippen LogP contribution in [-0.4, -0.2) is 37.0 Å². The Morgan fingerprint density at radius 1 is 0.214 bits per heavy atom. The highest BCUT2D eigenvalue weighted by molar-refractivity contribution is 6.38. The summed E-state index contributed by atoms with van der Waals surface area (Å²) in [7, 11) is 0. The molecule has 0 spiro atoms. The van der Waals surface area contributed by atoms with Crippen LogP contribution in [0.15, 0.2) is 304 Å². The summed E-state index contributed by atoms with van der Waals surface area (Å²) in [5, 5.41) is 24.6. The topological polar surface area (TPSA) is 54.3 Å². The standard InChI is InChI=1S/C90H50N8/c1-2-19-57(20-3-1)96-80-47-60(33-35-63(80)65-26-15-38-92-90(65)96)95-79-45-55-32-31-54(40-56(55)43-72(79)85-82(95)49-70-62-23-7-11-28-74(62)98-76-30-13-9-25-67(76)87(85)89(70)98)51-18-14-21-58(41-51)93-77-36-34-59(46-68(77)64-37-39-91-50-83(64)93)94-78-44-53-17-5-4-16-52(53)42-71(78)84-81(94)48-69-61-22-6-10-27-73(61)97-75-29-12-8-24-66(75)86(84)88(69)97/h1-50H. The zero-order valence-electron chi connectivity index (χ0n) is 52.4.